The molecule has 1 amide bonds. The summed E-state index contributed by atoms with van der Waals surface area (Å²) in [4.78, 5) is 24.4. The van der Waals surface area contributed by atoms with Gasteiger partial charge in [-0.15, -0.1) is 11.3 Å². The molecule has 1 aromatic heterocycles. The normalized spacial score (nSPS) is 14.9. The molecule has 0 spiro atoms. The molecule has 104 valence electrons. The molecule has 4 nitrogen and oxygen atoms in total. The Labute approximate surface area is 116 Å². The van der Waals surface area contributed by atoms with Crippen molar-refractivity contribution in [3.63, 3.8) is 0 Å². The number of aryl methyl sites for hydroxylation is 1. The van der Waals surface area contributed by atoms with E-state index in [-0.39, 0.29) is 11.5 Å². The van der Waals surface area contributed by atoms with Gasteiger partial charge in [0.2, 0.25) is 5.91 Å². The first-order valence-electron chi connectivity index (χ1n) is 6.48. The fraction of sp³-hybridized carbons (Fsp3) is 0.571. The standard InChI is InChI=1S/C14H19NO3S/c1-14(2,3)13(18)15-11-10(12(16)17)8-6-4-5-7-9(8)19-11/h4-7H2,1-3H3,(H,15,18)(H,16,17)/p-1. The summed E-state index contributed by atoms with van der Waals surface area (Å²) >= 11 is 1.38. The van der Waals surface area contributed by atoms with E-state index in [4.69, 9.17) is 0 Å². The highest BCUT2D eigenvalue weighted by molar-refractivity contribution is 7.17. The van der Waals surface area contributed by atoms with Gasteiger partial charge in [0.1, 0.15) is 5.00 Å². The summed E-state index contributed by atoms with van der Waals surface area (Å²) in [6, 6.07) is 0. The molecule has 5 heteroatoms. The van der Waals surface area contributed by atoms with Gasteiger partial charge in [0, 0.05) is 15.9 Å². The molecule has 0 radical (unpaired) electrons. The summed E-state index contributed by atoms with van der Waals surface area (Å²) in [6.45, 7) is 5.40. The van der Waals surface area contributed by atoms with Crippen molar-refractivity contribution in [1.82, 2.24) is 0 Å². The predicted molar refractivity (Wildman–Crippen MR) is 73.4 cm³/mol. The van der Waals surface area contributed by atoms with Crippen LogP contribution in [0, 0.1) is 5.41 Å². The van der Waals surface area contributed by atoms with Crippen LogP contribution < -0.4 is 10.4 Å². The summed E-state index contributed by atoms with van der Waals surface area (Å²) in [5, 5.41) is 14.5. The number of carboxylic acid groups (broad SMARTS) is 1. The highest BCUT2D eigenvalue weighted by Gasteiger charge is 2.26. The van der Waals surface area contributed by atoms with Crippen LogP contribution in [0.4, 0.5) is 5.00 Å². The summed E-state index contributed by atoms with van der Waals surface area (Å²) in [5.74, 6) is -1.36. The monoisotopic (exact) mass is 280 g/mol. The van der Waals surface area contributed by atoms with Gasteiger partial charge in [-0.25, -0.2) is 0 Å². The molecule has 0 atom stereocenters. The zero-order valence-corrected chi connectivity index (χ0v) is 12.3. The van der Waals surface area contributed by atoms with Crippen molar-refractivity contribution in [2.75, 3.05) is 5.32 Å². The van der Waals surface area contributed by atoms with Gasteiger partial charge in [0.05, 0.1) is 5.97 Å². The number of hydrogen-bond acceptors (Lipinski definition) is 4. The topological polar surface area (TPSA) is 69.2 Å². The van der Waals surface area contributed by atoms with Crippen molar-refractivity contribution in [3.05, 3.63) is 16.0 Å². The molecule has 0 saturated heterocycles. The van der Waals surface area contributed by atoms with E-state index in [1.165, 1.54) is 11.3 Å². The van der Waals surface area contributed by atoms with E-state index in [2.05, 4.69) is 5.32 Å². The van der Waals surface area contributed by atoms with Crippen LogP contribution in [0.25, 0.3) is 0 Å². The number of thiophene rings is 1. The number of anilines is 1. The molecule has 0 aliphatic heterocycles. The van der Waals surface area contributed by atoms with Gasteiger partial charge in [-0.2, -0.15) is 0 Å². The number of aromatic carboxylic acids is 1. The van der Waals surface area contributed by atoms with E-state index in [1.807, 2.05) is 0 Å². The van der Waals surface area contributed by atoms with E-state index in [9.17, 15) is 14.7 Å². The minimum absolute atomic E-state index is 0.173. The smallest absolute Gasteiger partial charge is 0.230 e. The average molecular weight is 280 g/mol. The molecule has 1 aliphatic carbocycles. The maximum absolute atomic E-state index is 12.0. The number of carbonyl (C=O) groups excluding carboxylic acids is 2. The molecule has 2 rings (SSSR count). The summed E-state index contributed by atoms with van der Waals surface area (Å²) in [5.41, 5.74) is 0.506. The first-order valence-corrected chi connectivity index (χ1v) is 7.29. The van der Waals surface area contributed by atoms with E-state index in [0.29, 0.717) is 5.00 Å². The Hall–Kier alpha value is -1.36. The lowest BCUT2D eigenvalue weighted by molar-refractivity contribution is -0.254. The maximum atomic E-state index is 12.0. The largest absolute Gasteiger partial charge is 0.545 e. The van der Waals surface area contributed by atoms with Crippen LogP contribution in [0.1, 0.15) is 54.4 Å². The van der Waals surface area contributed by atoms with Crippen LogP contribution in [0.3, 0.4) is 0 Å². The third-order valence-corrected chi connectivity index (χ3v) is 4.49. The van der Waals surface area contributed by atoms with Crippen molar-refractivity contribution < 1.29 is 14.7 Å². The molecule has 0 unspecified atom stereocenters. The van der Waals surface area contributed by atoms with Crippen LogP contribution in [0.15, 0.2) is 0 Å². The number of rotatable bonds is 2. The quantitative estimate of drug-likeness (QED) is 0.900. The molecular formula is C14H18NO3S-. The highest BCUT2D eigenvalue weighted by Crippen LogP contribution is 2.38. The summed E-state index contributed by atoms with van der Waals surface area (Å²) < 4.78 is 0. The lowest BCUT2D eigenvalue weighted by Crippen LogP contribution is -2.30. The zero-order chi connectivity index (χ0) is 14.2. The average Bonchev–Trinajstić information content (AvgIpc) is 2.65. The van der Waals surface area contributed by atoms with Crippen LogP contribution >= 0.6 is 11.3 Å². The highest BCUT2D eigenvalue weighted by atomic mass is 32.1. The molecule has 1 aromatic rings. The third-order valence-electron chi connectivity index (χ3n) is 3.28. The second-order valence-corrected chi connectivity index (χ2v) is 7.01. The van der Waals surface area contributed by atoms with Crippen molar-refractivity contribution in [2.24, 2.45) is 5.41 Å². The molecule has 19 heavy (non-hydrogen) atoms. The Morgan fingerprint density at radius 3 is 2.42 bits per heavy atom. The molecule has 0 bridgehead atoms. The van der Waals surface area contributed by atoms with Crippen molar-refractivity contribution in [2.45, 2.75) is 46.5 Å². The molecule has 0 saturated carbocycles. The van der Waals surface area contributed by atoms with Crippen molar-refractivity contribution in [1.29, 1.82) is 0 Å². The van der Waals surface area contributed by atoms with Gasteiger partial charge < -0.3 is 15.2 Å². The minimum Gasteiger partial charge on any atom is -0.545 e. The van der Waals surface area contributed by atoms with E-state index >= 15 is 0 Å². The summed E-state index contributed by atoms with van der Waals surface area (Å²) in [6.07, 6.45) is 3.73. The Bertz CT molecular complexity index is 526. The van der Waals surface area contributed by atoms with E-state index in [1.54, 1.807) is 20.8 Å². The number of carbonyl (C=O) groups is 2. The number of fused-ring (bicyclic) bond motifs is 1. The van der Waals surface area contributed by atoms with Crippen LogP contribution in [-0.2, 0) is 17.6 Å². The second-order valence-electron chi connectivity index (χ2n) is 5.91. The molecule has 1 heterocycles. The van der Waals surface area contributed by atoms with Gasteiger partial charge in [-0.3, -0.25) is 4.79 Å². The maximum Gasteiger partial charge on any atom is 0.230 e. The Kier molecular flexibility index (Phi) is 3.67. The van der Waals surface area contributed by atoms with Gasteiger partial charge in [-0.05, 0) is 31.2 Å². The van der Waals surface area contributed by atoms with Crippen molar-refractivity contribution in [3.8, 4) is 0 Å². The fourth-order valence-corrected chi connectivity index (χ4v) is 3.43. The van der Waals surface area contributed by atoms with E-state index in [0.717, 1.165) is 36.1 Å². The lowest BCUT2D eigenvalue weighted by Gasteiger charge is -2.18. The molecule has 1 aliphatic rings. The predicted octanol–water partition coefficient (Wildman–Crippen LogP) is 1.97. The van der Waals surface area contributed by atoms with Crippen molar-refractivity contribution >= 4 is 28.2 Å². The van der Waals surface area contributed by atoms with Gasteiger partial charge >= 0.3 is 0 Å². The Morgan fingerprint density at radius 1 is 1.21 bits per heavy atom. The zero-order valence-electron chi connectivity index (χ0n) is 11.5. The van der Waals surface area contributed by atoms with Crippen LogP contribution in [0.5, 0.6) is 0 Å². The second kappa shape index (κ2) is 4.96. The van der Waals surface area contributed by atoms with Crippen LogP contribution in [0.2, 0.25) is 0 Å². The molecule has 0 aromatic carbocycles. The van der Waals surface area contributed by atoms with Crippen LogP contribution in [-0.4, -0.2) is 11.9 Å². The Balaban J connectivity index is 2.38. The number of carboxylic acids is 1. The molecule has 1 N–H and O–H groups in total. The van der Waals surface area contributed by atoms with Gasteiger partial charge in [0.15, 0.2) is 0 Å². The number of amides is 1. The number of hydrogen-bond donors (Lipinski definition) is 1. The first kappa shape index (κ1) is 14.1. The summed E-state index contributed by atoms with van der Waals surface area (Å²) in [7, 11) is 0. The number of nitrogens with one attached hydrogen (secondary N) is 1. The van der Waals surface area contributed by atoms with Gasteiger partial charge in [0.25, 0.3) is 0 Å². The minimum atomic E-state index is -1.19. The fourth-order valence-electron chi connectivity index (χ4n) is 2.16. The lowest BCUT2D eigenvalue weighted by atomic mass is 9.94. The molecular weight excluding hydrogens is 262 g/mol. The van der Waals surface area contributed by atoms with E-state index < -0.39 is 11.4 Å². The third kappa shape index (κ3) is 2.81. The molecule has 0 fully saturated rings. The first-order chi connectivity index (χ1) is 8.80. The Morgan fingerprint density at radius 2 is 1.84 bits per heavy atom. The van der Waals surface area contributed by atoms with Gasteiger partial charge in [-0.1, -0.05) is 20.8 Å². The SMILES string of the molecule is CC(C)(C)C(=O)Nc1sc2c(c1C(=O)[O-])CCCC2.